The average Bonchev–Trinajstić information content (AvgIpc) is 3.74. The Morgan fingerprint density at radius 3 is 1.61 bits per heavy atom. The molecule has 338 valence electrons. The molecule has 0 spiro atoms. The van der Waals surface area contributed by atoms with Crippen LogP contribution in [0, 0.1) is 0 Å². The van der Waals surface area contributed by atoms with Crippen LogP contribution in [0.15, 0.2) is 183 Å². The predicted octanol–water partition coefficient (Wildman–Crippen LogP) is 13.4. The minimum Gasteiger partial charge on any atom is -0.311 e. The van der Waals surface area contributed by atoms with Crippen LogP contribution in [-0.4, -0.2) is 36.2 Å². The normalized spacial score (nSPS) is 13.2. The van der Waals surface area contributed by atoms with Crippen molar-refractivity contribution in [2.75, 3.05) is 4.90 Å². The molecule has 6 heterocycles. The van der Waals surface area contributed by atoms with Crippen molar-refractivity contribution in [3.63, 3.8) is 0 Å². The summed E-state index contributed by atoms with van der Waals surface area (Å²) in [6.45, 7) is 13.7. The highest BCUT2D eigenvalue weighted by atomic mass is 15.2. The zero-order valence-corrected chi connectivity index (χ0v) is 40.5. The van der Waals surface area contributed by atoms with E-state index in [1.807, 2.05) is 36.7 Å². The number of aromatic nitrogens is 6. The van der Waals surface area contributed by atoms with Crippen LogP contribution in [0.3, 0.4) is 0 Å². The van der Waals surface area contributed by atoms with E-state index in [1.165, 1.54) is 76.1 Å². The molecule has 14 rings (SSSR count). The third-order valence-electron chi connectivity index (χ3n) is 15.1. The first-order chi connectivity index (χ1) is 34.5. The zero-order chi connectivity index (χ0) is 47.9. The van der Waals surface area contributed by atoms with Gasteiger partial charge in [0.15, 0.2) is 17.5 Å². The third-order valence-corrected chi connectivity index (χ3v) is 15.1. The van der Waals surface area contributed by atoms with Crippen molar-refractivity contribution in [3.05, 3.63) is 194 Å². The number of benzene rings is 8. The number of hydrogen-bond acceptors (Lipinski definition) is 6. The highest BCUT2D eigenvalue weighted by Gasteiger charge is 2.43. The molecule has 12 aromatic rings. The summed E-state index contributed by atoms with van der Waals surface area (Å²) in [4.78, 5) is 27.1. The van der Waals surface area contributed by atoms with Crippen LogP contribution < -0.4 is 21.3 Å². The second-order valence-corrected chi connectivity index (χ2v) is 21.4. The van der Waals surface area contributed by atoms with Gasteiger partial charge in [0.25, 0.3) is 6.71 Å². The van der Waals surface area contributed by atoms with Crippen molar-refractivity contribution in [1.29, 1.82) is 0 Å². The lowest BCUT2D eigenvalue weighted by atomic mass is 9.33. The van der Waals surface area contributed by atoms with E-state index in [-0.39, 0.29) is 17.5 Å². The van der Waals surface area contributed by atoms with Gasteiger partial charge in [0, 0.05) is 85.9 Å². The van der Waals surface area contributed by atoms with E-state index in [9.17, 15) is 0 Å². The molecule has 0 N–H and O–H groups in total. The molecule has 2 aliphatic rings. The predicted molar refractivity (Wildman–Crippen MR) is 295 cm³/mol. The molecular weight excluding hydrogens is 866 g/mol. The number of nitrogens with zero attached hydrogens (tertiary/aromatic N) is 7. The van der Waals surface area contributed by atoms with Crippen molar-refractivity contribution in [3.8, 4) is 39.9 Å². The number of fused-ring (bicyclic) bond motifs is 14. The Kier molecular flexibility index (Phi) is 8.77. The number of pyridine rings is 2. The SMILES string of the molecule is CC(C)(C)c1ccc(N2c3ccc(C(C)(C)C)cc3B3c4c2cc(-c2nc(-c5cccnc5)nc(-c5cccnc5)n2)cc4-n2c4ccc5c6ccccc6c6ccccc6c5c4c4cccc3c42)cc1. The van der Waals surface area contributed by atoms with Gasteiger partial charge in [0.2, 0.25) is 0 Å². The molecule has 0 fully saturated rings. The summed E-state index contributed by atoms with van der Waals surface area (Å²) in [6, 6.07) is 58.5. The fraction of sp³-hybridized carbons (Fsp3) is 0.127. The molecule has 4 aromatic heterocycles. The van der Waals surface area contributed by atoms with Crippen LogP contribution in [-0.2, 0) is 10.8 Å². The van der Waals surface area contributed by atoms with Gasteiger partial charge in [0.1, 0.15) is 0 Å². The minimum absolute atomic E-state index is 0.00683. The highest BCUT2D eigenvalue weighted by molar-refractivity contribution is 7.00. The minimum atomic E-state index is -0.0733. The Bertz CT molecular complexity index is 4100. The van der Waals surface area contributed by atoms with E-state index in [2.05, 4.69) is 194 Å². The lowest BCUT2D eigenvalue weighted by Crippen LogP contribution is -2.60. The Labute approximate surface area is 412 Å². The Morgan fingerprint density at radius 2 is 0.986 bits per heavy atom. The van der Waals surface area contributed by atoms with Gasteiger partial charge in [-0.05, 0) is 126 Å². The van der Waals surface area contributed by atoms with Crippen LogP contribution >= 0.6 is 0 Å². The fourth-order valence-corrected chi connectivity index (χ4v) is 11.7. The van der Waals surface area contributed by atoms with Crippen LogP contribution in [0.5, 0.6) is 0 Å². The first-order valence-electron chi connectivity index (χ1n) is 24.6. The number of anilines is 3. The maximum atomic E-state index is 5.32. The summed E-state index contributed by atoms with van der Waals surface area (Å²) in [6.07, 6.45) is 7.18. The van der Waals surface area contributed by atoms with E-state index in [0.717, 1.165) is 45.0 Å². The van der Waals surface area contributed by atoms with E-state index in [0.29, 0.717) is 17.5 Å². The third kappa shape index (κ3) is 6.20. The van der Waals surface area contributed by atoms with E-state index < -0.39 is 0 Å². The lowest BCUT2D eigenvalue weighted by Gasteiger charge is -2.41. The first kappa shape index (κ1) is 41.5. The van der Waals surface area contributed by atoms with E-state index >= 15 is 0 Å². The average molecular weight is 914 g/mol. The summed E-state index contributed by atoms with van der Waals surface area (Å²) >= 11 is 0. The largest absolute Gasteiger partial charge is 0.311 e. The monoisotopic (exact) mass is 913 g/mol. The van der Waals surface area contributed by atoms with Crippen molar-refractivity contribution in [2.45, 2.75) is 52.4 Å². The molecule has 8 aromatic carbocycles. The van der Waals surface area contributed by atoms with Gasteiger partial charge in [-0.1, -0.05) is 139 Å². The molecule has 8 heteroatoms. The number of rotatable bonds is 4. The molecule has 0 saturated carbocycles. The molecule has 0 unspecified atom stereocenters. The summed E-state index contributed by atoms with van der Waals surface area (Å²) in [5.41, 5.74) is 15.7. The molecule has 7 nitrogen and oxygen atoms in total. The van der Waals surface area contributed by atoms with Gasteiger partial charge in [-0.25, -0.2) is 15.0 Å². The Balaban J connectivity index is 1.15. The maximum Gasteiger partial charge on any atom is 0.252 e. The van der Waals surface area contributed by atoms with Gasteiger partial charge >= 0.3 is 0 Å². The summed E-state index contributed by atoms with van der Waals surface area (Å²) in [7, 11) is 0. The number of hydrogen-bond donors (Lipinski definition) is 0. The Morgan fingerprint density at radius 1 is 0.423 bits per heavy atom. The second-order valence-electron chi connectivity index (χ2n) is 21.4. The van der Waals surface area contributed by atoms with Crippen molar-refractivity contribution in [1.82, 2.24) is 29.5 Å². The molecule has 71 heavy (non-hydrogen) atoms. The summed E-state index contributed by atoms with van der Waals surface area (Å²) in [5.74, 6) is 1.66. The lowest BCUT2D eigenvalue weighted by molar-refractivity contribution is 0.590. The van der Waals surface area contributed by atoms with Crippen molar-refractivity contribution in [2.24, 2.45) is 0 Å². The molecule has 2 aliphatic heterocycles. The standard InChI is InChI=1S/C63H48BN7/c1-62(2,3)40-22-25-42(26-23-40)70-51-28-24-41(63(4,5)6)34-50(51)64-49-21-11-20-48-56-52(29-27-47-45-18-8-7-16-43(45)44-17-9-10-19-46(44)55(47)56)71(58(48)49)54-33-39(32-53(70)57(54)64)61-68-59(37-14-12-30-65-35-37)67-60(69-61)38-15-13-31-66-36-38/h7-36H,1-6H3. The molecular formula is C63H48BN7. The molecule has 0 saturated heterocycles. The van der Waals surface area contributed by atoms with Gasteiger partial charge in [-0.2, -0.15) is 0 Å². The van der Waals surface area contributed by atoms with Crippen LogP contribution in [0.1, 0.15) is 52.7 Å². The smallest absolute Gasteiger partial charge is 0.252 e. The molecule has 0 atom stereocenters. The van der Waals surface area contributed by atoms with Gasteiger partial charge in [-0.15, -0.1) is 0 Å². The quantitative estimate of drug-likeness (QED) is 0.129. The first-order valence-corrected chi connectivity index (χ1v) is 24.6. The summed E-state index contributed by atoms with van der Waals surface area (Å²) in [5, 5.41) is 10.1. The zero-order valence-electron chi connectivity index (χ0n) is 40.5. The van der Waals surface area contributed by atoms with Gasteiger partial charge in [-0.3, -0.25) is 9.97 Å². The van der Waals surface area contributed by atoms with E-state index in [1.54, 1.807) is 12.4 Å². The topological polar surface area (TPSA) is 72.6 Å². The van der Waals surface area contributed by atoms with Gasteiger partial charge in [0.05, 0.1) is 5.52 Å². The van der Waals surface area contributed by atoms with Crippen LogP contribution in [0.4, 0.5) is 17.1 Å². The molecule has 0 radical (unpaired) electrons. The Hall–Kier alpha value is -8.49. The van der Waals surface area contributed by atoms with Gasteiger partial charge < -0.3 is 9.47 Å². The van der Waals surface area contributed by atoms with Crippen LogP contribution in [0.25, 0.3) is 94.0 Å². The highest BCUT2D eigenvalue weighted by Crippen LogP contribution is 2.47. The molecule has 0 amide bonds. The van der Waals surface area contributed by atoms with Crippen LogP contribution in [0.2, 0.25) is 0 Å². The van der Waals surface area contributed by atoms with Crippen molar-refractivity contribution >= 4 is 94.3 Å². The molecule has 0 bridgehead atoms. The second kappa shape index (κ2) is 15.0. The summed E-state index contributed by atoms with van der Waals surface area (Å²) < 4.78 is 2.56. The molecule has 0 aliphatic carbocycles. The fourth-order valence-electron chi connectivity index (χ4n) is 11.7. The van der Waals surface area contributed by atoms with E-state index in [4.69, 9.17) is 15.0 Å². The van der Waals surface area contributed by atoms with Crippen molar-refractivity contribution < 1.29 is 0 Å². The number of para-hydroxylation sites is 1. The maximum absolute atomic E-state index is 5.32.